The SMILES string of the molecule is Cc1cccc(COc2ccccc2CN(CC[C@@H](N)C(=O)O)Cc2ccccc2OCc2cccc(C)c2)c1. The Balaban J connectivity index is 1.51. The second-order valence-electron chi connectivity index (χ2n) is 10.2. The van der Waals surface area contributed by atoms with Crippen LogP contribution in [0.15, 0.2) is 97.1 Å². The zero-order chi connectivity index (χ0) is 28.3. The van der Waals surface area contributed by atoms with Crippen molar-refractivity contribution in [2.24, 2.45) is 5.73 Å². The molecule has 4 rings (SSSR count). The first-order valence-electron chi connectivity index (χ1n) is 13.6. The molecule has 0 aliphatic rings. The highest BCUT2D eigenvalue weighted by molar-refractivity contribution is 5.73. The van der Waals surface area contributed by atoms with Crippen LogP contribution in [0.1, 0.15) is 39.8 Å². The van der Waals surface area contributed by atoms with Crippen molar-refractivity contribution in [1.29, 1.82) is 0 Å². The lowest BCUT2D eigenvalue weighted by Gasteiger charge is -2.25. The monoisotopic (exact) mass is 538 g/mol. The number of para-hydroxylation sites is 2. The molecule has 0 aliphatic carbocycles. The van der Waals surface area contributed by atoms with Crippen LogP contribution < -0.4 is 15.2 Å². The van der Waals surface area contributed by atoms with Crippen LogP contribution in [-0.4, -0.2) is 28.6 Å². The van der Waals surface area contributed by atoms with E-state index in [4.69, 9.17) is 15.2 Å². The van der Waals surface area contributed by atoms with E-state index in [1.807, 2.05) is 48.5 Å². The molecule has 0 aromatic heterocycles. The van der Waals surface area contributed by atoms with Crippen LogP contribution in [0.5, 0.6) is 11.5 Å². The lowest BCUT2D eigenvalue weighted by Crippen LogP contribution is -2.35. The lowest BCUT2D eigenvalue weighted by molar-refractivity contribution is -0.138. The molecule has 1 atom stereocenters. The number of carboxylic acids is 1. The number of carboxylic acid groups (broad SMARTS) is 1. The topological polar surface area (TPSA) is 85.0 Å². The number of ether oxygens (including phenoxy) is 2. The molecule has 0 saturated heterocycles. The van der Waals surface area contributed by atoms with Crippen LogP contribution >= 0.6 is 0 Å². The predicted molar refractivity (Wildman–Crippen MR) is 158 cm³/mol. The van der Waals surface area contributed by atoms with Gasteiger partial charge >= 0.3 is 5.97 Å². The molecule has 4 aromatic carbocycles. The fourth-order valence-electron chi connectivity index (χ4n) is 4.62. The molecular weight excluding hydrogens is 500 g/mol. The summed E-state index contributed by atoms with van der Waals surface area (Å²) < 4.78 is 12.5. The third-order valence-corrected chi connectivity index (χ3v) is 6.76. The van der Waals surface area contributed by atoms with Gasteiger partial charge in [0.2, 0.25) is 0 Å². The van der Waals surface area contributed by atoms with E-state index >= 15 is 0 Å². The number of aliphatic carboxylic acids is 1. The van der Waals surface area contributed by atoms with Crippen LogP contribution in [0.4, 0.5) is 0 Å². The fraction of sp³-hybridized carbons (Fsp3) is 0.265. The Morgan fingerprint density at radius 1 is 0.750 bits per heavy atom. The molecule has 0 fully saturated rings. The van der Waals surface area contributed by atoms with Gasteiger partial charge < -0.3 is 20.3 Å². The van der Waals surface area contributed by atoms with Gasteiger partial charge in [0.1, 0.15) is 30.8 Å². The van der Waals surface area contributed by atoms with Crippen LogP contribution in [0.25, 0.3) is 0 Å². The molecule has 4 aromatic rings. The number of rotatable bonds is 14. The van der Waals surface area contributed by atoms with Crippen LogP contribution in [0, 0.1) is 13.8 Å². The quantitative estimate of drug-likeness (QED) is 0.197. The smallest absolute Gasteiger partial charge is 0.320 e. The third kappa shape index (κ3) is 8.70. The normalized spacial score (nSPS) is 11.8. The molecular formula is C34H38N2O4. The van der Waals surface area contributed by atoms with Crippen molar-refractivity contribution in [3.8, 4) is 11.5 Å². The molecule has 0 saturated carbocycles. The molecule has 0 amide bonds. The van der Waals surface area contributed by atoms with Gasteiger partial charge in [0.15, 0.2) is 0 Å². The Hall–Kier alpha value is -4.13. The van der Waals surface area contributed by atoms with E-state index in [-0.39, 0.29) is 0 Å². The summed E-state index contributed by atoms with van der Waals surface area (Å²) in [5.74, 6) is 0.616. The number of benzene rings is 4. The molecule has 208 valence electrons. The Morgan fingerprint density at radius 2 is 1.23 bits per heavy atom. The van der Waals surface area contributed by atoms with Gasteiger partial charge in [0.05, 0.1) is 0 Å². The number of hydrogen-bond donors (Lipinski definition) is 2. The van der Waals surface area contributed by atoms with Crippen LogP contribution in [0.3, 0.4) is 0 Å². The third-order valence-electron chi connectivity index (χ3n) is 6.76. The standard InChI is InChI=1S/C34H38N2O4/c1-25-9-7-11-27(19-25)23-39-32-15-5-3-13-29(32)21-36(18-17-31(35)34(37)38)22-30-14-4-6-16-33(30)40-24-28-12-8-10-26(2)20-28/h3-16,19-20,31H,17-18,21-24,35H2,1-2H3,(H,37,38)/t31-/m1/s1. The van der Waals surface area contributed by atoms with Gasteiger partial charge in [-0.25, -0.2) is 0 Å². The summed E-state index contributed by atoms with van der Waals surface area (Å²) in [5, 5.41) is 9.37. The van der Waals surface area contributed by atoms with Gasteiger partial charge in [-0.3, -0.25) is 9.69 Å². The highest BCUT2D eigenvalue weighted by Crippen LogP contribution is 2.26. The summed E-state index contributed by atoms with van der Waals surface area (Å²) in [4.78, 5) is 13.6. The molecule has 40 heavy (non-hydrogen) atoms. The van der Waals surface area contributed by atoms with Crippen molar-refractivity contribution in [2.45, 2.75) is 52.6 Å². The maximum absolute atomic E-state index is 11.4. The van der Waals surface area contributed by atoms with Crippen molar-refractivity contribution in [1.82, 2.24) is 4.90 Å². The fourth-order valence-corrected chi connectivity index (χ4v) is 4.62. The number of nitrogens with two attached hydrogens (primary N) is 1. The first kappa shape index (κ1) is 28.9. The van der Waals surface area contributed by atoms with Crippen molar-refractivity contribution in [3.63, 3.8) is 0 Å². The van der Waals surface area contributed by atoms with Crippen molar-refractivity contribution in [3.05, 3.63) is 130 Å². The average molecular weight is 539 g/mol. The summed E-state index contributed by atoms with van der Waals surface area (Å²) in [5.41, 5.74) is 12.5. The molecule has 6 nitrogen and oxygen atoms in total. The van der Waals surface area contributed by atoms with Gasteiger partial charge in [-0.2, -0.15) is 0 Å². The minimum absolute atomic E-state index is 0.327. The summed E-state index contributed by atoms with van der Waals surface area (Å²) in [6.07, 6.45) is 0.327. The minimum Gasteiger partial charge on any atom is -0.489 e. The number of hydrogen-bond acceptors (Lipinski definition) is 5. The van der Waals surface area contributed by atoms with Crippen LogP contribution in [0.2, 0.25) is 0 Å². The summed E-state index contributed by atoms with van der Waals surface area (Å²) in [6, 6.07) is 31.6. The Labute approximate surface area is 237 Å². The predicted octanol–water partition coefficient (Wildman–Crippen LogP) is 6.27. The molecule has 0 unspecified atom stereocenters. The van der Waals surface area contributed by atoms with E-state index in [1.54, 1.807) is 0 Å². The maximum atomic E-state index is 11.4. The molecule has 3 N–H and O–H groups in total. The first-order chi connectivity index (χ1) is 19.4. The minimum atomic E-state index is -0.997. The van der Waals surface area contributed by atoms with Crippen LogP contribution in [-0.2, 0) is 31.1 Å². The maximum Gasteiger partial charge on any atom is 0.320 e. The highest BCUT2D eigenvalue weighted by Gasteiger charge is 2.18. The van der Waals surface area contributed by atoms with Gasteiger partial charge in [-0.05, 0) is 43.5 Å². The Bertz CT molecular complexity index is 1310. The first-order valence-corrected chi connectivity index (χ1v) is 13.6. The van der Waals surface area contributed by atoms with Gasteiger partial charge in [-0.1, -0.05) is 96.1 Å². The molecule has 0 spiro atoms. The number of aryl methyl sites for hydroxylation is 2. The summed E-state index contributed by atoms with van der Waals surface area (Å²) in [7, 11) is 0. The molecule has 6 heteroatoms. The van der Waals surface area contributed by atoms with Gasteiger partial charge in [0.25, 0.3) is 0 Å². The van der Waals surface area contributed by atoms with E-state index in [9.17, 15) is 9.90 Å². The molecule has 0 heterocycles. The lowest BCUT2D eigenvalue weighted by atomic mass is 10.1. The second kappa shape index (κ2) is 14.3. The Morgan fingerprint density at radius 3 is 1.68 bits per heavy atom. The summed E-state index contributed by atoms with van der Waals surface area (Å²) in [6.45, 7) is 6.73. The Kier molecular flexibility index (Phi) is 10.3. The molecule has 0 radical (unpaired) electrons. The second-order valence-corrected chi connectivity index (χ2v) is 10.2. The zero-order valence-corrected chi connectivity index (χ0v) is 23.3. The van der Waals surface area contributed by atoms with E-state index in [2.05, 4.69) is 67.3 Å². The number of nitrogens with zero attached hydrogens (tertiary/aromatic N) is 1. The van der Waals surface area contributed by atoms with Crippen molar-refractivity contribution < 1.29 is 19.4 Å². The van der Waals surface area contributed by atoms with Crippen molar-refractivity contribution in [2.75, 3.05) is 6.54 Å². The highest BCUT2D eigenvalue weighted by atomic mass is 16.5. The molecule has 0 bridgehead atoms. The van der Waals surface area contributed by atoms with Gasteiger partial charge in [-0.15, -0.1) is 0 Å². The zero-order valence-electron chi connectivity index (χ0n) is 23.3. The average Bonchev–Trinajstić information content (AvgIpc) is 2.95. The van der Waals surface area contributed by atoms with E-state index < -0.39 is 12.0 Å². The van der Waals surface area contributed by atoms with E-state index in [1.165, 1.54) is 11.1 Å². The van der Waals surface area contributed by atoms with E-state index in [0.29, 0.717) is 39.3 Å². The summed E-state index contributed by atoms with van der Waals surface area (Å²) >= 11 is 0. The molecule has 0 aliphatic heterocycles. The number of carbonyl (C=O) groups is 1. The van der Waals surface area contributed by atoms with Crippen molar-refractivity contribution >= 4 is 5.97 Å². The van der Waals surface area contributed by atoms with E-state index in [0.717, 1.165) is 33.8 Å². The largest absolute Gasteiger partial charge is 0.489 e. The van der Waals surface area contributed by atoms with Gasteiger partial charge in [0, 0.05) is 30.8 Å².